The third kappa shape index (κ3) is 2.15. The summed E-state index contributed by atoms with van der Waals surface area (Å²) >= 11 is 1.83. The van der Waals surface area contributed by atoms with Crippen LogP contribution in [-0.2, 0) is 6.54 Å². The molecule has 1 aliphatic rings. The Balaban J connectivity index is 2.00. The molecule has 0 amide bonds. The number of nitrogens with zero attached hydrogens (tertiary/aromatic N) is 1. The molecule has 1 fully saturated rings. The second-order valence-corrected chi connectivity index (χ2v) is 5.31. The fraction of sp³-hybridized carbons (Fsp3) is 0.545. The fourth-order valence-electron chi connectivity index (χ4n) is 1.41. The van der Waals surface area contributed by atoms with Crippen molar-refractivity contribution in [2.45, 2.75) is 33.2 Å². The number of hydrogen-bond donors (Lipinski definition) is 1. The summed E-state index contributed by atoms with van der Waals surface area (Å²) in [6.07, 6.45) is 2.47. The molecule has 0 spiro atoms. The van der Waals surface area contributed by atoms with E-state index in [0.717, 1.165) is 12.4 Å². The second-order valence-electron chi connectivity index (χ2n) is 3.97. The molecule has 1 aromatic heterocycles. The standard InChI is InChI=1S/C11H16N2S/c1-7-5-10(14-8(7)2)6-13-11(12)9-3-4-9/h5,9H,3-4,6H2,1-2H3,(H2,12,13). The number of thiophene rings is 1. The lowest BCUT2D eigenvalue weighted by atomic mass is 10.3. The maximum absolute atomic E-state index is 5.83. The predicted molar refractivity (Wildman–Crippen MR) is 61.8 cm³/mol. The molecule has 0 radical (unpaired) electrons. The van der Waals surface area contributed by atoms with Crippen molar-refractivity contribution in [2.75, 3.05) is 0 Å². The molecule has 1 aromatic rings. The predicted octanol–water partition coefficient (Wildman–Crippen LogP) is 2.63. The summed E-state index contributed by atoms with van der Waals surface area (Å²) in [5, 5.41) is 0. The molecule has 1 heterocycles. The zero-order valence-corrected chi connectivity index (χ0v) is 9.53. The lowest BCUT2D eigenvalue weighted by molar-refractivity contribution is 1.04. The minimum atomic E-state index is 0.595. The van der Waals surface area contributed by atoms with Crippen molar-refractivity contribution in [1.82, 2.24) is 0 Å². The molecule has 0 unspecified atom stereocenters. The summed E-state index contributed by atoms with van der Waals surface area (Å²) in [6, 6.07) is 2.21. The van der Waals surface area contributed by atoms with Gasteiger partial charge in [0.2, 0.25) is 0 Å². The van der Waals surface area contributed by atoms with Gasteiger partial charge in [-0.3, -0.25) is 4.99 Å². The van der Waals surface area contributed by atoms with Gasteiger partial charge in [-0.15, -0.1) is 11.3 Å². The number of amidine groups is 1. The van der Waals surface area contributed by atoms with E-state index in [1.807, 2.05) is 11.3 Å². The molecule has 1 aliphatic carbocycles. The van der Waals surface area contributed by atoms with Crippen LogP contribution in [0.1, 0.15) is 28.2 Å². The van der Waals surface area contributed by atoms with E-state index < -0.39 is 0 Å². The van der Waals surface area contributed by atoms with Gasteiger partial charge in [-0.05, 0) is 38.3 Å². The van der Waals surface area contributed by atoms with E-state index in [1.54, 1.807) is 0 Å². The normalized spacial score (nSPS) is 17.4. The molecule has 0 aromatic carbocycles. The van der Waals surface area contributed by atoms with Gasteiger partial charge in [0, 0.05) is 15.7 Å². The van der Waals surface area contributed by atoms with Crippen molar-refractivity contribution < 1.29 is 0 Å². The van der Waals surface area contributed by atoms with Crippen LogP contribution in [-0.4, -0.2) is 5.84 Å². The van der Waals surface area contributed by atoms with Gasteiger partial charge in [0.15, 0.2) is 0 Å². The SMILES string of the molecule is Cc1cc(CN=C(N)C2CC2)sc1C. The van der Waals surface area contributed by atoms with Crippen molar-refractivity contribution in [1.29, 1.82) is 0 Å². The Morgan fingerprint density at radius 1 is 1.57 bits per heavy atom. The first-order valence-corrected chi connectivity index (χ1v) is 5.84. The molecule has 14 heavy (non-hydrogen) atoms. The summed E-state index contributed by atoms with van der Waals surface area (Å²) in [7, 11) is 0. The van der Waals surface area contributed by atoms with E-state index >= 15 is 0 Å². The van der Waals surface area contributed by atoms with Crippen molar-refractivity contribution in [3.63, 3.8) is 0 Å². The third-order valence-corrected chi connectivity index (χ3v) is 3.77. The van der Waals surface area contributed by atoms with Crippen LogP contribution in [0, 0.1) is 19.8 Å². The zero-order chi connectivity index (χ0) is 10.1. The van der Waals surface area contributed by atoms with E-state index in [9.17, 15) is 0 Å². The van der Waals surface area contributed by atoms with Gasteiger partial charge < -0.3 is 5.73 Å². The Labute approximate surface area is 88.9 Å². The summed E-state index contributed by atoms with van der Waals surface area (Å²) in [6.45, 7) is 5.06. The van der Waals surface area contributed by atoms with Gasteiger partial charge in [-0.25, -0.2) is 0 Å². The molecule has 76 valence electrons. The number of aliphatic imine (C=N–C) groups is 1. The largest absolute Gasteiger partial charge is 0.387 e. The lowest BCUT2D eigenvalue weighted by Gasteiger charge is -1.95. The van der Waals surface area contributed by atoms with Crippen molar-refractivity contribution >= 4 is 17.2 Å². The molecule has 2 N–H and O–H groups in total. The Kier molecular flexibility index (Phi) is 2.59. The molecule has 0 bridgehead atoms. The third-order valence-electron chi connectivity index (χ3n) is 2.63. The maximum atomic E-state index is 5.83. The number of aryl methyl sites for hydroxylation is 2. The summed E-state index contributed by atoms with van der Waals surface area (Å²) in [4.78, 5) is 7.13. The Bertz CT molecular complexity index is 342. The molecule has 3 heteroatoms. The first kappa shape index (κ1) is 9.71. The molecule has 0 aliphatic heterocycles. The highest BCUT2D eigenvalue weighted by atomic mass is 32.1. The molecule has 1 saturated carbocycles. The van der Waals surface area contributed by atoms with Crippen molar-refractivity contribution in [2.24, 2.45) is 16.6 Å². The number of rotatable bonds is 3. The van der Waals surface area contributed by atoms with Crippen LogP contribution in [0.3, 0.4) is 0 Å². The van der Waals surface area contributed by atoms with E-state index in [0.29, 0.717) is 5.92 Å². The first-order valence-electron chi connectivity index (χ1n) is 5.02. The summed E-state index contributed by atoms with van der Waals surface area (Å²) in [5.41, 5.74) is 7.19. The molecule has 0 atom stereocenters. The van der Waals surface area contributed by atoms with Crippen LogP contribution in [0.5, 0.6) is 0 Å². The number of nitrogens with two attached hydrogens (primary N) is 1. The molecule has 0 saturated heterocycles. The van der Waals surface area contributed by atoms with Crippen LogP contribution in [0.15, 0.2) is 11.1 Å². The van der Waals surface area contributed by atoms with E-state index in [4.69, 9.17) is 5.73 Å². The lowest BCUT2D eigenvalue weighted by Crippen LogP contribution is -2.13. The van der Waals surface area contributed by atoms with Crippen LogP contribution >= 0.6 is 11.3 Å². The molecule has 2 rings (SSSR count). The van der Waals surface area contributed by atoms with Gasteiger partial charge in [-0.2, -0.15) is 0 Å². The molecule has 2 nitrogen and oxygen atoms in total. The van der Waals surface area contributed by atoms with Crippen LogP contribution in [0.4, 0.5) is 0 Å². The zero-order valence-electron chi connectivity index (χ0n) is 8.71. The fourth-order valence-corrected chi connectivity index (χ4v) is 2.38. The second kappa shape index (κ2) is 3.73. The summed E-state index contributed by atoms with van der Waals surface area (Å²) < 4.78 is 0. The molecular weight excluding hydrogens is 192 g/mol. The maximum Gasteiger partial charge on any atom is 0.0972 e. The molecular formula is C11H16N2S. The topological polar surface area (TPSA) is 38.4 Å². The van der Waals surface area contributed by atoms with Gasteiger partial charge >= 0.3 is 0 Å². The monoisotopic (exact) mass is 208 g/mol. The van der Waals surface area contributed by atoms with Crippen molar-refractivity contribution in [3.8, 4) is 0 Å². The van der Waals surface area contributed by atoms with Gasteiger partial charge in [-0.1, -0.05) is 0 Å². The minimum Gasteiger partial charge on any atom is -0.387 e. The van der Waals surface area contributed by atoms with Crippen molar-refractivity contribution in [3.05, 3.63) is 21.4 Å². The first-order chi connectivity index (χ1) is 6.66. The van der Waals surface area contributed by atoms with Gasteiger partial charge in [0.25, 0.3) is 0 Å². The quantitative estimate of drug-likeness (QED) is 0.602. The highest BCUT2D eigenvalue weighted by Crippen LogP contribution is 2.29. The minimum absolute atomic E-state index is 0.595. The van der Waals surface area contributed by atoms with Crippen LogP contribution < -0.4 is 5.73 Å². The average Bonchev–Trinajstić information content (AvgIpc) is 2.92. The smallest absolute Gasteiger partial charge is 0.0972 e. The Morgan fingerprint density at radius 3 is 2.79 bits per heavy atom. The number of hydrogen-bond acceptors (Lipinski definition) is 2. The van der Waals surface area contributed by atoms with Gasteiger partial charge in [0.05, 0.1) is 12.4 Å². The summed E-state index contributed by atoms with van der Waals surface area (Å²) in [5.74, 6) is 1.45. The van der Waals surface area contributed by atoms with E-state index in [1.165, 1.54) is 28.2 Å². The highest BCUT2D eigenvalue weighted by molar-refractivity contribution is 7.12. The Hall–Kier alpha value is -0.830. The van der Waals surface area contributed by atoms with Crippen LogP contribution in [0.25, 0.3) is 0 Å². The highest BCUT2D eigenvalue weighted by Gasteiger charge is 2.25. The average molecular weight is 208 g/mol. The van der Waals surface area contributed by atoms with Gasteiger partial charge in [0.1, 0.15) is 0 Å². The van der Waals surface area contributed by atoms with E-state index in [-0.39, 0.29) is 0 Å². The Morgan fingerprint density at radius 2 is 2.29 bits per heavy atom. The van der Waals surface area contributed by atoms with Crippen LogP contribution in [0.2, 0.25) is 0 Å². The van der Waals surface area contributed by atoms with E-state index in [2.05, 4.69) is 24.9 Å².